The van der Waals surface area contributed by atoms with Crippen LogP contribution in [0.3, 0.4) is 0 Å². The first-order valence-electron chi connectivity index (χ1n) is 6.86. The van der Waals surface area contributed by atoms with E-state index in [9.17, 15) is 13.2 Å². The summed E-state index contributed by atoms with van der Waals surface area (Å²) in [6, 6.07) is 12.9. The van der Waals surface area contributed by atoms with Gasteiger partial charge in [-0.15, -0.1) is 0 Å². The van der Waals surface area contributed by atoms with Crippen molar-refractivity contribution in [1.82, 2.24) is 0 Å². The largest absolute Gasteiger partial charge is 0.402 e. The van der Waals surface area contributed by atoms with Crippen LogP contribution in [0.5, 0.6) is 0 Å². The van der Waals surface area contributed by atoms with Gasteiger partial charge in [0, 0.05) is 5.02 Å². The van der Waals surface area contributed by atoms with E-state index in [1.807, 2.05) is 0 Å². The van der Waals surface area contributed by atoms with Crippen molar-refractivity contribution in [3.05, 3.63) is 70.2 Å². The van der Waals surface area contributed by atoms with Gasteiger partial charge >= 0.3 is 6.18 Å². The Balaban J connectivity index is 2.30. The van der Waals surface area contributed by atoms with Crippen molar-refractivity contribution in [2.24, 2.45) is 0 Å². The van der Waals surface area contributed by atoms with Crippen molar-refractivity contribution < 1.29 is 13.2 Å². The summed E-state index contributed by atoms with van der Waals surface area (Å²) in [5.41, 5.74) is -0.570. The first-order chi connectivity index (χ1) is 9.95. The van der Waals surface area contributed by atoms with E-state index in [0.717, 1.165) is 0 Å². The van der Waals surface area contributed by atoms with E-state index < -0.39 is 11.6 Å². The topological polar surface area (TPSA) is 0 Å². The molecule has 4 heteroatoms. The van der Waals surface area contributed by atoms with E-state index in [0.29, 0.717) is 34.6 Å². The molecular weight excluding hydrogens is 297 g/mol. The predicted octanol–water partition coefficient (Wildman–Crippen LogP) is 5.52. The minimum Gasteiger partial charge on any atom is -0.170 e. The van der Waals surface area contributed by atoms with Crippen molar-refractivity contribution in [3.63, 3.8) is 0 Å². The van der Waals surface area contributed by atoms with Crippen LogP contribution >= 0.6 is 11.6 Å². The zero-order chi connectivity index (χ0) is 15.1. The van der Waals surface area contributed by atoms with Crippen molar-refractivity contribution >= 4 is 11.6 Å². The zero-order valence-corrected chi connectivity index (χ0v) is 12.0. The van der Waals surface area contributed by atoms with Gasteiger partial charge in [0.25, 0.3) is 0 Å². The molecule has 2 aromatic carbocycles. The number of hydrogen-bond donors (Lipinski definition) is 0. The molecule has 21 heavy (non-hydrogen) atoms. The third-order valence-electron chi connectivity index (χ3n) is 4.28. The number of hydrogen-bond acceptors (Lipinski definition) is 0. The van der Waals surface area contributed by atoms with Crippen molar-refractivity contribution in [3.8, 4) is 0 Å². The lowest BCUT2D eigenvalue weighted by Crippen LogP contribution is -2.45. The second-order valence-corrected chi connectivity index (χ2v) is 5.86. The third-order valence-corrected chi connectivity index (χ3v) is 4.51. The Morgan fingerprint density at radius 1 is 1.00 bits per heavy atom. The maximum Gasteiger partial charge on any atom is 0.402 e. The molecule has 0 bridgehead atoms. The van der Waals surface area contributed by atoms with Gasteiger partial charge < -0.3 is 0 Å². The lowest BCUT2D eigenvalue weighted by atomic mass is 9.65. The van der Waals surface area contributed by atoms with Crippen LogP contribution in [0.1, 0.15) is 29.5 Å². The number of rotatable bonds is 1. The fourth-order valence-corrected chi connectivity index (χ4v) is 3.54. The molecule has 0 amide bonds. The summed E-state index contributed by atoms with van der Waals surface area (Å²) < 4.78 is 42.1. The minimum atomic E-state index is -4.34. The second kappa shape index (κ2) is 5.06. The minimum absolute atomic E-state index is 0.0785. The summed E-state index contributed by atoms with van der Waals surface area (Å²) in [5.74, 6) is 0. The highest BCUT2D eigenvalue weighted by atomic mass is 35.5. The van der Waals surface area contributed by atoms with Crippen LogP contribution in [0, 0.1) is 0 Å². The molecule has 0 spiro atoms. The quantitative estimate of drug-likeness (QED) is 0.650. The van der Waals surface area contributed by atoms with Crippen LogP contribution in [0.15, 0.2) is 48.5 Å². The van der Waals surface area contributed by atoms with E-state index in [1.165, 1.54) is 6.07 Å². The highest BCUT2D eigenvalue weighted by Crippen LogP contribution is 2.53. The summed E-state index contributed by atoms with van der Waals surface area (Å²) >= 11 is 5.95. The summed E-state index contributed by atoms with van der Waals surface area (Å²) in [4.78, 5) is 0. The number of aryl methyl sites for hydroxylation is 1. The van der Waals surface area contributed by atoms with Gasteiger partial charge in [-0.3, -0.25) is 0 Å². The monoisotopic (exact) mass is 310 g/mol. The highest BCUT2D eigenvalue weighted by molar-refractivity contribution is 6.30. The molecule has 0 aromatic heterocycles. The normalized spacial score (nSPS) is 21.9. The standard InChI is InChI=1S/C17H14ClF3/c18-14-8-9-15-12(11-14)5-4-10-16(15,17(19,20)21)13-6-2-1-3-7-13/h1-3,6-9,11H,4-5,10H2. The Bertz CT molecular complexity index is 649. The van der Waals surface area contributed by atoms with Crippen LogP contribution in [0.4, 0.5) is 13.2 Å². The summed E-state index contributed by atoms with van der Waals surface area (Å²) in [6.07, 6.45) is -3.12. The van der Waals surface area contributed by atoms with Gasteiger partial charge in [-0.25, -0.2) is 0 Å². The molecule has 1 unspecified atom stereocenters. The highest BCUT2D eigenvalue weighted by Gasteiger charge is 2.58. The van der Waals surface area contributed by atoms with E-state index in [1.54, 1.807) is 42.5 Å². The molecule has 1 atom stereocenters. The molecule has 1 aliphatic carbocycles. The van der Waals surface area contributed by atoms with Gasteiger partial charge in [-0.05, 0) is 48.1 Å². The molecule has 0 aliphatic heterocycles. The third kappa shape index (κ3) is 2.24. The Kier molecular flexibility index (Phi) is 3.48. The van der Waals surface area contributed by atoms with Gasteiger partial charge in [-0.1, -0.05) is 48.0 Å². The number of alkyl halides is 3. The maximum absolute atomic E-state index is 14.0. The Hall–Kier alpha value is -1.48. The van der Waals surface area contributed by atoms with Crippen molar-refractivity contribution in [2.75, 3.05) is 0 Å². The molecule has 0 saturated carbocycles. The fraction of sp³-hybridized carbons (Fsp3) is 0.294. The summed E-state index contributed by atoms with van der Waals surface area (Å²) in [5, 5.41) is 0.486. The summed E-state index contributed by atoms with van der Waals surface area (Å²) in [6.45, 7) is 0. The summed E-state index contributed by atoms with van der Waals surface area (Å²) in [7, 11) is 0. The van der Waals surface area contributed by atoms with Gasteiger partial charge in [0.1, 0.15) is 5.41 Å². The number of benzene rings is 2. The van der Waals surface area contributed by atoms with Gasteiger partial charge in [0.05, 0.1) is 0 Å². The first kappa shape index (κ1) is 14.5. The van der Waals surface area contributed by atoms with E-state index >= 15 is 0 Å². The molecule has 0 saturated heterocycles. The molecule has 1 aliphatic rings. The first-order valence-corrected chi connectivity index (χ1v) is 7.24. The van der Waals surface area contributed by atoms with Crippen LogP contribution in [-0.2, 0) is 11.8 Å². The molecule has 110 valence electrons. The van der Waals surface area contributed by atoms with Crippen LogP contribution in [0.2, 0.25) is 5.02 Å². The van der Waals surface area contributed by atoms with E-state index in [4.69, 9.17) is 11.6 Å². The Labute approximate surface area is 126 Å². The lowest BCUT2D eigenvalue weighted by molar-refractivity contribution is -0.182. The molecule has 0 fully saturated rings. The van der Waals surface area contributed by atoms with Crippen LogP contribution in [-0.4, -0.2) is 6.18 Å². The Morgan fingerprint density at radius 2 is 1.71 bits per heavy atom. The zero-order valence-electron chi connectivity index (χ0n) is 11.3. The molecule has 0 nitrogen and oxygen atoms in total. The van der Waals surface area contributed by atoms with Gasteiger partial charge in [-0.2, -0.15) is 13.2 Å². The number of halogens is 4. The van der Waals surface area contributed by atoms with Gasteiger partial charge in [0.15, 0.2) is 0 Å². The number of fused-ring (bicyclic) bond motifs is 1. The maximum atomic E-state index is 14.0. The second-order valence-electron chi connectivity index (χ2n) is 5.42. The smallest absolute Gasteiger partial charge is 0.170 e. The van der Waals surface area contributed by atoms with Crippen molar-refractivity contribution in [2.45, 2.75) is 30.9 Å². The average molecular weight is 311 g/mol. The molecule has 0 radical (unpaired) electrons. The van der Waals surface area contributed by atoms with E-state index in [-0.39, 0.29) is 6.42 Å². The molecule has 0 heterocycles. The van der Waals surface area contributed by atoms with Crippen molar-refractivity contribution in [1.29, 1.82) is 0 Å². The molecule has 2 aromatic rings. The van der Waals surface area contributed by atoms with E-state index in [2.05, 4.69) is 0 Å². The molecular formula is C17H14ClF3. The van der Waals surface area contributed by atoms with Crippen LogP contribution < -0.4 is 0 Å². The Morgan fingerprint density at radius 3 is 2.38 bits per heavy atom. The van der Waals surface area contributed by atoms with Crippen LogP contribution in [0.25, 0.3) is 0 Å². The fourth-order valence-electron chi connectivity index (χ4n) is 3.34. The SMILES string of the molecule is FC(F)(F)C1(c2ccccc2)CCCc2cc(Cl)ccc21. The average Bonchev–Trinajstić information content (AvgIpc) is 2.46. The molecule has 0 N–H and O–H groups in total. The molecule has 3 rings (SSSR count). The predicted molar refractivity (Wildman–Crippen MR) is 77.7 cm³/mol. The van der Waals surface area contributed by atoms with Gasteiger partial charge in [0.2, 0.25) is 0 Å². The lowest BCUT2D eigenvalue weighted by Gasteiger charge is -2.41.